The Labute approximate surface area is 131 Å². The van der Waals surface area contributed by atoms with Gasteiger partial charge in [0.25, 0.3) is 0 Å². The summed E-state index contributed by atoms with van der Waals surface area (Å²) in [5.41, 5.74) is 3.36. The number of phenols is 2. The van der Waals surface area contributed by atoms with Crippen LogP contribution in [0.4, 0.5) is 0 Å². The van der Waals surface area contributed by atoms with E-state index in [9.17, 15) is 15.3 Å². The zero-order valence-corrected chi connectivity index (χ0v) is 12.8. The topological polar surface area (TPSA) is 60.7 Å². The molecule has 0 radical (unpaired) electrons. The molecule has 116 valence electrons. The molecule has 0 saturated carbocycles. The molecule has 3 nitrogen and oxygen atoms in total. The van der Waals surface area contributed by atoms with Gasteiger partial charge in [0.05, 0.1) is 6.10 Å². The maximum atomic E-state index is 10.1. The molecule has 3 N–H and O–H groups in total. The number of hydrogen-bond acceptors (Lipinski definition) is 3. The maximum absolute atomic E-state index is 10.1. The monoisotopic (exact) mass is 298 g/mol. The smallest absolute Gasteiger partial charge is 0.122 e. The molecule has 0 amide bonds. The molecule has 0 aliphatic rings. The van der Waals surface area contributed by atoms with Crippen LogP contribution in [-0.4, -0.2) is 21.4 Å². The highest BCUT2D eigenvalue weighted by Crippen LogP contribution is 2.30. The lowest BCUT2D eigenvalue weighted by Crippen LogP contribution is -2.13. The summed E-state index contributed by atoms with van der Waals surface area (Å²) in [5.74, 6) is 0.0532. The fourth-order valence-corrected chi connectivity index (χ4v) is 2.45. The molecule has 0 aliphatic heterocycles. The molecule has 2 rings (SSSR count). The van der Waals surface area contributed by atoms with Crippen molar-refractivity contribution in [2.45, 2.75) is 32.3 Å². The third-order valence-corrected chi connectivity index (χ3v) is 3.80. The number of aryl methyl sites for hydroxylation is 2. The molecule has 1 atom stereocenters. The van der Waals surface area contributed by atoms with Crippen molar-refractivity contribution in [3.05, 3.63) is 71.3 Å². The average molecular weight is 298 g/mol. The minimum Gasteiger partial charge on any atom is -0.508 e. The van der Waals surface area contributed by atoms with Crippen molar-refractivity contribution >= 4 is 0 Å². The third kappa shape index (κ3) is 4.12. The van der Waals surface area contributed by atoms with Gasteiger partial charge in [0.2, 0.25) is 0 Å². The Kier molecular flexibility index (Phi) is 5.23. The Bertz CT molecular complexity index is 647. The second-order valence-electron chi connectivity index (χ2n) is 5.65. The van der Waals surface area contributed by atoms with Gasteiger partial charge in [-0.3, -0.25) is 0 Å². The maximum Gasteiger partial charge on any atom is 0.122 e. The highest BCUT2D eigenvalue weighted by atomic mass is 16.3. The lowest BCUT2D eigenvalue weighted by Gasteiger charge is -2.16. The lowest BCUT2D eigenvalue weighted by atomic mass is 9.93. The summed E-state index contributed by atoms with van der Waals surface area (Å²) in [6, 6.07) is 13.0. The Balaban J connectivity index is 2.23. The van der Waals surface area contributed by atoms with Gasteiger partial charge in [-0.15, -0.1) is 0 Å². The van der Waals surface area contributed by atoms with Crippen LogP contribution in [0.25, 0.3) is 0 Å². The molecular weight excluding hydrogens is 276 g/mol. The molecule has 2 aromatic carbocycles. The Morgan fingerprint density at radius 3 is 2.41 bits per heavy atom. The van der Waals surface area contributed by atoms with E-state index >= 15 is 0 Å². The summed E-state index contributed by atoms with van der Waals surface area (Å²) in [5, 5.41) is 29.8. The summed E-state index contributed by atoms with van der Waals surface area (Å²) in [6.45, 7) is 5.50. The molecule has 2 aromatic rings. The van der Waals surface area contributed by atoms with E-state index in [2.05, 4.69) is 6.58 Å². The quantitative estimate of drug-likeness (QED) is 0.717. The minimum absolute atomic E-state index is 0.0170. The third-order valence-electron chi connectivity index (χ3n) is 3.80. The molecule has 0 bridgehead atoms. The molecule has 0 saturated heterocycles. The van der Waals surface area contributed by atoms with Crippen LogP contribution in [-0.2, 0) is 19.3 Å². The number of rotatable bonds is 6. The van der Waals surface area contributed by atoms with Crippen molar-refractivity contribution in [1.82, 2.24) is 0 Å². The predicted molar refractivity (Wildman–Crippen MR) is 88.1 cm³/mol. The van der Waals surface area contributed by atoms with E-state index in [1.165, 1.54) is 11.6 Å². The van der Waals surface area contributed by atoms with Crippen molar-refractivity contribution in [3.8, 4) is 11.5 Å². The number of benzene rings is 2. The first-order valence-electron chi connectivity index (χ1n) is 7.38. The number of phenolic OH excluding ortho intramolecular Hbond substituents is 2. The Morgan fingerprint density at radius 2 is 1.77 bits per heavy atom. The Hall–Kier alpha value is -2.26. The van der Waals surface area contributed by atoms with E-state index in [1.807, 2.05) is 30.3 Å². The fourth-order valence-electron chi connectivity index (χ4n) is 2.45. The highest BCUT2D eigenvalue weighted by molar-refractivity contribution is 5.46. The van der Waals surface area contributed by atoms with E-state index in [1.54, 1.807) is 13.0 Å². The van der Waals surface area contributed by atoms with Gasteiger partial charge in [-0.05, 0) is 37.0 Å². The normalized spacial score (nSPS) is 12.1. The standard InChI is InChI=1S/C19H22O3/c1-13(2)18(21)12-17-15(10-16(20)11-19(17)22)9-8-14-6-4-3-5-7-14/h3-7,10-11,18,20-22H,1,8-9,12H2,2H3/t18-/m0/s1. The van der Waals surface area contributed by atoms with Gasteiger partial charge in [-0.1, -0.05) is 42.5 Å². The fraction of sp³-hybridized carbons (Fsp3) is 0.263. The van der Waals surface area contributed by atoms with Crippen molar-refractivity contribution < 1.29 is 15.3 Å². The summed E-state index contributed by atoms with van der Waals surface area (Å²) in [6.07, 6.45) is 1.08. The van der Waals surface area contributed by atoms with Crippen molar-refractivity contribution in [3.63, 3.8) is 0 Å². The van der Waals surface area contributed by atoms with Gasteiger partial charge in [-0.25, -0.2) is 0 Å². The van der Waals surface area contributed by atoms with Crippen molar-refractivity contribution in [2.24, 2.45) is 0 Å². The summed E-state index contributed by atoms with van der Waals surface area (Å²) in [4.78, 5) is 0. The summed E-state index contributed by atoms with van der Waals surface area (Å²) in [7, 11) is 0. The first-order valence-corrected chi connectivity index (χ1v) is 7.38. The minimum atomic E-state index is -0.703. The first kappa shape index (κ1) is 16.1. The van der Waals surface area contributed by atoms with Crippen molar-refractivity contribution in [1.29, 1.82) is 0 Å². The molecule has 0 spiro atoms. The Morgan fingerprint density at radius 1 is 1.09 bits per heavy atom. The van der Waals surface area contributed by atoms with Gasteiger partial charge in [0.15, 0.2) is 0 Å². The molecule has 0 heterocycles. The predicted octanol–water partition coefficient (Wildman–Crippen LogP) is 3.36. The number of hydrogen-bond donors (Lipinski definition) is 3. The van der Waals surface area contributed by atoms with E-state index in [0.29, 0.717) is 24.0 Å². The average Bonchev–Trinajstić information content (AvgIpc) is 2.48. The van der Waals surface area contributed by atoms with Gasteiger partial charge >= 0.3 is 0 Å². The highest BCUT2D eigenvalue weighted by Gasteiger charge is 2.15. The molecule has 0 aromatic heterocycles. The van der Waals surface area contributed by atoms with Crippen LogP contribution in [0.5, 0.6) is 11.5 Å². The molecule has 0 unspecified atom stereocenters. The lowest BCUT2D eigenvalue weighted by molar-refractivity contribution is 0.210. The van der Waals surface area contributed by atoms with Gasteiger partial charge < -0.3 is 15.3 Å². The first-order chi connectivity index (χ1) is 10.5. The van der Waals surface area contributed by atoms with E-state index < -0.39 is 6.10 Å². The van der Waals surface area contributed by atoms with Crippen LogP contribution >= 0.6 is 0 Å². The number of aliphatic hydroxyl groups is 1. The summed E-state index contributed by atoms with van der Waals surface area (Å²) >= 11 is 0. The summed E-state index contributed by atoms with van der Waals surface area (Å²) < 4.78 is 0. The zero-order chi connectivity index (χ0) is 16.1. The van der Waals surface area contributed by atoms with E-state index in [4.69, 9.17) is 0 Å². The van der Waals surface area contributed by atoms with Gasteiger partial charge in [0, 0.05) is 18.1 Å². The van der Waals surface area contributed by atoms with Gasteiger partial charge in [0.1, 0.15) is 11.5 Å². The van der Waals surface area contributed by atoms with Crippen LogP contribution in [0.15, 0.2) is 54.6 Å². The second-order valence-corrected chi connectivity index (χ2v) is 5.65. The molecule has 3 heteroatoms. The second kappa shape index (κ2) is 7.14. The number of aromatic hydroxyl groups is 2. The SMILES string of the molecule is C=C(C)[C@@H](O)Cc1c(O)cc(O)cc1CCc1ccccc1. The zero-order valence-electron chi connectivity index (χ0n) is 12.8. The number of aliphatic hydroxyl groups excluding tert-OH is 1. The van der Waals surface area contributed by atoms with Crippen LogP contribution in [0.3, 0.4) is 0 Å². The molecule has 22 heavy (non-hydrogen) atoms. The van der Waals surface area contributed by atoms with E-state index in [0.717, 1.165) is 12.0 Å². The largest absolute Gasteiger partial charge is 0.508 e. The van der Waals surface area contributed by atoms with Crippen LogP contribution in [0.2, 0.25) is 0 Å². The van der Waals surface area contributed by atoms with E-state index in [-0.39, 0.29) is 11.5 Å². The van der Waals surface area contributed by atoms with Gasteiger partial charge in [-0.2, -0.15) is 0 Å². The van der Waals surface area contributed by atoms with Crippen LogP contribution in [0, 0.1) is 0 Å². The molecular formula is C19H22O3. The molecule has 0 aliphatic carbocycles. The van der Waals surface area contributed by atoms with Crippen molar-refractivity contribution in [2.75, 3.05) is 0 Å². The van der Waals surface area contributed by atoms with Crippen LogP contribution in [0.1, 0.15) is 23.6 Å². The molecule has 0 fully saturated rings. The van der Waals surface area contributed by atoms with Crippen LogP contribution < -0.4 is 0 Å².